The van der Waals surface area contributed by atoms with E-state index in [-0.39, 0.29) is 36.2 Å². The van der Waals surface area contributed by atoms with Crippen LogP contribution in [0.2, 0.25) is 0 Å². The molecule has 1 saturated heterocycles. The number of likely N-dealkylation sites (tertiary alicyclic amines) is 1. The molecular weight excluding hydrogens is 374 g/mol. The van der Waals surface area contributed by atoms with Crippen molar-refractivity contribution in [1.82, 2.24) is 10.2 Å². The Kier molecular flexibility index (Phi) is 8.77. The van der Waals surface area contributed by atoms with Crippen LogP contribution in [0.25, 0.3) is 0 Å². The van der Waals surface area contributed by atoms with Crippen LogP contribution in [0.5, 0.6) is 0 Å². The summed E-state index contributed by atoms with van der Waals surface area (Å²) in [7, 11) is 0. The highest BCUT2D eigenvalue weighted by Gasteiger charge is 2.35. The molecule has 3 N–H and O–H groups in total. The topological polar surface area (TPSA) is 75.4 Å². The van der Waals surface area contributed by atoms with Gasteiger partial charge in [-0.1, -0.05) is 49.6 Å². The van der Waals surface area contributed by atoms with E-state index in [1.165, 1.54) is 12.0 Å². The number of nitrogens with zero attached hydrogens (tertiary/aromatic N) is 1. The van der Waals surface area contributed by atoms with E-state index in [0.29, 0.717) is 37.9 Å². The zero-order valence-electron chi connectivity index (χ0n) is 16.8. The fraction of sp³-hybridized carbons (Fsp3) is 0.636. The molecule has 2 aliphatic rings. The highest BCUT2D eigenvalue weighted by molar-refractivity contribution is 5.85. The number of carbonyl (C=O) groups is 2. The van der Waals surface area contributed by atoms with Crippen LogP contribution < -0.4 is 11.1 Å². The van der Waals surface area contributed by atoms with Crippen LogP contribution in [-0.4, -0.2) is 42.4 Å². The van der Waals surface area contributed by atoms with Gasteiger partial charge in [-0.05, 0) is 37.8 Å². The number of rotatable bonds is 6. The molecule has 0 radical (unpaired) electrons. The molecule has 6 heteroatoms. The van der Waals surface area contributed by atoms with Gasteiger partial charge in [0.25, 0.3) is 0 Å². The molecule has 1 heterocycles. The third-order valence-electron chi connectivity index (χ3n) is 6.17. The third kappa shape index (κ3) is 5.71. The summed E-state index contributed by atoms with van der Waals surface area (Å²) in [5, 5.41) is 3.06. The minimum absolute atomic E-state index is 0. The number of nitrogens with one attached hydrogen (secondary N) is 1. The van der Waals surface area contributed by atoms with E-state index in [9.17, 15) is 9.59 Å². The second-order valence-electron chi connectivity index (χ2n) is 8.26. The number of amides is 2. The van der Waals surface area contributed by atoms with Crippen molar-refractivity contribution in [1.29, 1.82) is 0 Å². The molecule has 0 bridgehead atoms. The van der Waals surface area contributed by atoms with Gasteiger partial charge in [-0.2, -0.15) is 0 Å². The first-order chi connectivity index (χ1) is 13.1. The van der Waals surface area contributed by atoms with Crippen LogP contribution in [0, 0.1) is 11.8 Å². The molecule has 1 aromatic carbocycles. The maximum atomic E-state index is 12.8. The van der Waals surface area contributed by atoms with Crippen molar-refractivity contribution in [3.8, 4) is 0 Å². The molecule has 1 aliphatic carbocycles. The number of nitrogens with two attached hydrogens (primary N) is 1. The lowest BCUT2D eigenvalue weighted by molar-refractivity contribution is -0.131. The minimum atomic E-state index is -0.126. The number of carbonyl (C=O) groups excluding carboxylic acids is 2. The Morgan fingerprint density at radius 3 is 2.46 bits per heavy atom. The molecule has 156 valence electrons. The molecular formula is C22H34ClN3O2. The van der Waals surface area contributed by atoms with E-state index in [1.807, 2.05) is 30.0 Å². The van der Waals surface area contributed by atoms with E-state index in [0.717, 1.165) is 25.7 Å². The maximum Gasteiger partial charge on any atom is 0.224 e. The summed E-state index contributed by atoms with van der Waals surface area (Å²) < 4.78 is 0. The zero-order valence-corrected chi connectivity index (χ0v) is 17.6. The molecule has 1 aromatic rings. The monoisotopic (exact) mass is 407 g/mol. The van der Waals surface area contributed by atoms with Crippen molar-refractivity contribution < 1.29 is 9.59 Å². The average Bonchev–Trinajstić information content (AvgIpc) is 3.14. The first kappa shape index (κ1) is 22.7. The minimum Gasteiger partial charge on any atom is -0.353 e. The van der Waals surface area contributed by atoms with E-state index in [2.05, 4.69) is 17.4 Å². The molecule has 3 rings (SSSR count). The van der Waals surface area contributed by atoms with Crippen molar-refractivity contribution in [2.75, 3.05) is 19.6 Å². The summed E-state index contributed by atoms with van der Waals surface area (Å²) in [4.78, 5) is 27.1. The molecule has 1 unspecified atom stereocenters. The fourth-order valence-corrected chi connectivity index (χ4v) is 4.56. The first-order valence-corrected chi connectivity index (χ1v) is 10.4. The van der Waals surface area contributed by atoms with Crippen molar-refractivity contribution in [3.05, 3.63) is 35.9 Å². The molecule has 1 aliphatic heterocycles. The van der Waals surface area contributed by atoms with Gasteiger partial charge in [0.15, 0.2) is 0 Å². The number of hydrogen-bond acceptors (Lipinski definition) is 3. The Morgan fingerprint density at radius 2 is 1.82 bits per heavy atom. The summed E-state index contributed by atoms with van der Waals surface area (Å²) >= 11 is 0. The third-order valence-corrected chi connectivity index (χ3v) is 6.17. The Labute approximate surface area is 174 Å². The van der Waals surface area contributed by atoms with Crippen LogP contribution in [0.1, 0.15) is 56.9 Å². The predicted octanol–water partition coefficient (Wildman–Crippen LogP) is 3.08. The molecule has 2 amide bonds. The quantitative estimate of drug-likeness (QED) is 0.760. The zero-order chi connectivity index (χ0) is 19.2. The molecule has 0 spiro atoms. The highest BCUT2D eigenvalue weighted by Crippen LogP contribution is 2.32. The predicted molar refractivity (Wildman–Crippen MR) is 114 cm³/mol. The van der Waals surface area contributed by atoms with Gasteiger partial charge in [-0.15, -0.1) is 12.4 Å². The summed E-state index contributed by atoms with van der Waals surface area (Å²) in [6.45, 7) is 3.94. The second kappa shape index (κ2) is 10.8. The largest absolute Gasteiger partial charge is 0.353 e. The lowest BCUT2D eigenvalue weighted by Crippen LogP contribution is -2.41. The SMILES string of the molecule is CC(CC(=O)N1C[C@@H](CN)[C@H](c2ccccc2)C1)NC(=O)C1CCCCC1.Cl. The second-order valence-corrected chi connectivity index (χ2v) is 8.26. The van der Waals surface area contributed by atoms with Crippen molar-refractivity contribution in [2.45, 2.75) is 57.4 Å². The summed E-state index contributed by atoms with van der Waals surface area (Å²) in [5.41, 5.74) is 7.23. The number of halogens is 1. The average molecular weight is 408 g/mol. The van der Waals surface area contributed by atoms with E-state index >= 15 is 0 Å². The van der Waals surface area contributed by atoms with Gasteiger partial charge in [-0.25, -0.2) is 0 Å². The molecule has 3 atom stereocenters. The van der Waals surface area contributed by atoms with Crippen molar-refractivity contribution in [3.63, 3.8) is 0 Å². The van der Waals surface area contributed by atoms with Crippen LogP contribution >= 0.6 is 12.4 Å². The van der Waals surface area contributed by atoms with Crippen LogP contribution in [0.15, 0.2) is 30.3 Å². The van der Waals surface area contributed by atoms with Gasteiger partial charge in [0, 0.05) is 37.4 Å². The van der Waals surface area contributed by atoms with Crippen molar-refractivity contribution >= 4 is 24.2 Å². The van der Waals surface area contributed by atoms with E-state index in [4.69, 9.17) is 5.73 Å². The van der Waals surface area contributed by atoms with Gasteiger partial charge < -0.3 is 16.0 Å². The lowest BCUT2D eigenvalue weighted by Gasteiger charge is -2.24. The van der Waals surface area contributed by atoms with Crippen LogP contribution in [0.3, 0.4) is 0 Å². The molecule has 2 fully saturated rings. The van der Waals surface area contributed by atoms with Gasteiger partial charge in [0.05, 0.1) is 0 Å². The smallest absolute Gasteiger partial charge is 0.224 e. The van der Waals surface area contributed by atoms with Gasteiger partial charge >= 0.3 is 0 Å². The van der Waals surface area contributed by atoms with Crippen LogP contribution in [0.4, 0.5) is 0 Å². The maximum absolute atomic E-state index is 12.8. The summed E-state index contributed by atoms with van der Waals surface area (Å²) in [6, 6.07) is 10.2. The van der Waals surface area contributed by atoms with E-state index < -0.39 is 0 Å². The van der Waals surface area contributed by atoms with Gasteiger partial charge in [-0.3, -0.25) is 9.59 Å². The van der Waals surface area contributed by atoms with Gasteiger partial charge in [0.2, 0.25) is 11.8 Å². The number of hydrogen-bond donors (Lipinski definition) is 2. The van der Waals surface area contributed by atoms with Crippen molar-refractivity contribution in [2.24, 2.45) is 17.6 Å². The fourth-order valence-electron chi connectivity index (χ4n) is 4.56. The molecule has 1 saturated carbocycles. The summed E-state index contributed by atoms with van der Waals surface area (Å²) in [5.74, 6) is 0.963. The lowest BCUT2D eigenvalue weighted by atomic mass is 9.88. The number of benzene rings is 1. The first-order valence-electron chi connectivity index (χ1n) is 10.4. The normalized spacial score (nSPS) is 23.7. The van der Waals surface area contributed by atoms with Crippen LogP contribution in [-0.2, 0) is 9.59 Å². The highest BCUT2D eigenvalue weighted by atomic mass is 35.5. The molecule has 5 nitrogen and oxygen atoms in total. The Morgan fingerprint density at radius 1 is 1.14 bits per heavy atom. The Balaban J connectivity index is 0.00000280. The molecule has 28 heavy (non-hydrogen) atoms. The standard InChI is InChI=1S/C22H33N3O2.ClH/c1-16(24-22(27)18-10-6-3-7-11-18)12-21(26)25-14-19(13-23)20(15-25)17-8-4-2-5-9-17;/h2,4-5,8-9,16,18-20H,3,6-7,10-15,23H2,1H3,(H,24,27);1H/t16?,19-,20+;/m1./s1. The summed E-state index contributed by atoms with van der Waals surface area (Å²) in [6.07, 6.45) is 5.83. The Bertz CT molecular complexity index is 634. The molecule has 0 aromatic heterocycles. The van der Waals surface area contributed by atoms with E-state index in [1.54, 1.807) is 0 Å². The van der Waals surface area contributed by atoms with Gasteiger partial charge in [0.1, 0.15) is 0 Å². The Hall–Kier alpha value is -1.59.